The number of aromatic nitrogens is 3. The van der Waals surface area contributed by atoms with Crippen molar-refractivity contribution in [3.05, 3.63) is 44.0 Å². The summed E-state index contributed by atoms with van der Waals surface area (Å²) < 4.78 is 0. The van der Waals surface area contributed by atoms with Gasteiger partial charge in [-0.15, -0.1) is 11.3 Å². The van der Waals surface area contributed by atoms with Crippen LogP contribution in [0.25, 0.3) is 0 Å². The standard InChI is InChI=1S/C18H23N5O3S/c1-11(2)16-21-12(3)15(27-16)18(26)23-6-4-5-22(7-8-23)17(25)13-9-20-14(24)10-19-13/h9-11H,4-8H2,1-3H3,(H,20,24). The van der Waals surface area contributed by atoms with Crippen molar-refractivity contribution in [3.63, 3.8) is 0 Å². The van der Waals surface area contributed by atoms with Gasteiger partial charge in [0.2, 0.25) is 0 Å². The summed E-state index contributed by atoms with van der Waals surface area (Å²) in [5, 5.41) is 0.964. The number of thiazole rings is 1. The zero-order chi connectivity index (χ0) is 19.6. The average molecular weight is 389 g/mol. The Hall–Kier alpha value is -2.55. The zero-order valence-electron chi connectivity index (χ0n) is 15.7. The van der Waals surface area contributed by atoms with E-state index in [1.165, 1.54) is 17.5 Å². The number of amides is 2. The largest absolute Gasteiger partial charge is 0.336 e. The van der Waals surface area contributed by atoms with Gasteiger partial charge in [-0.3, -0.25) is 14.4 Å². The molecule has 2 aromatic rings. The lowest BCUT2D eigenvalue weighted by Gasteiger charge is -2.21. The highest BCUT2D eigenvalue weighted by atomic mass is 32.1. The molecule has 3 heterocycles. The first kappa shape index (κ1) is 19.2. The third-order valence-electron chi connectivity index (χ3n) is 4.46. The number of carbonyl (C=O) groups excluding carboxylic acids is 2. The van der Waals surface area contributed by atoms with E-state index in [0.29, 0.717) is 37.5 Å². The van der Waals surface area contributed by atoms with E-state index in [1.54, 1.807) is 9.80 Å². The number of carbonyl (C=O) groups is 2. The summed E-state index contributed by atoms with van der Waals surface area (Å²) in [6, 6.07) is 0. The maximum absolute atomic E-state index is 12.9. The molecule has 0 radical (unpaired) electrons. The van der Waals surface area contributed by atoms with Crippen LogP contribution in [0.5, 0.6) is 0 Å². The first-order valence-electron chi connectivity index (χ1n) is 8.97. The Morgan fingerprint density at radius 2 is 1.81 bits per heavy atom. The van der Waals surface area contributed by atoms with Gasteiger partial charge in [-0.2, -0.15) is 0 Å². The summed E-state index contributed by atoms with van der Waals surface area (Å²) in [5.41, 5.74) is 0.623. The summed E-state index contributed by atoms with van der Waals surface area (Å²) in [5.74, 6) is 0.0299. The molecule has 0 bridgehead atoms. The Bertz CT molecular complexity index is 884. The van der Waals surface area contributed by atoms with Crippen LogP contribution < -0.4 is 5.56 Å². The maximum Gasteiger partial charge on any atom is 0.274 e. The van der Waals surface area contributed by atoms with Gasteiger partial charge in [0, 0.05) is 38.3 Å². The second-order valence-corrected chi connectivity index (χ2v) is 7.89. The number of hydrogen-bond donors (Lipinski definition) is 1. The Morgan fingerprint density at radius 3 is 2.37 bits per heavy atom. The van der Waals surface area contributed by atoms with E-state index in [0.717, 1.165) is 16.9 Å². The summed E-state index contributed by atoms with van der Waals surface area (Å²) >= 11 is 1.45. The zero-order valence-corrected chi connectivity index (χ0v) is 16.5. The minimum absolute atomic E-state index is 0.0200. The molecule has 2 aromatic heterocycles. The molecule has 1 aliphatic rings. The fourth-order valence-corrected chi connectivity index (χ4v) is 3.99. The van der Waals surface area contributed by atoms with Crippen molar-refractivity contribution < 1.29 is 9.59 Å². The quantitative estimate of drug-likeness (QED) is 0.860. The summed E-state index contributed by atoms with van der Waals surface area (Å²) in [4.78, 5) is 51.6. The second kappa shape index (κ2) is 7.99. The van der Waals surface area contributed by atoms with Gasteiger partial charge in [0.05, 0.1) is 16.9 Å². The maximum atomic E-state index is 12.9. The van der Waals surface area contributed by atoms with Crippen LogP contribution in [-0.2, 0) is 0 Å². The minimum atomic E-state index is -0.347. The summed E-state index contributed by atoms with van der Waals surface area (Å²) in [7, 11) is 0. The number of nitrogens with one attached hydrogen (secondary N) is 1. The predicted octanol–water partition coefficient (Wildman–Crippen LogP) is 1.65. The van der Waals surface area contributed by atoms with E-state index in [4.69, 9.17) is 0 Å². The molecular formula is C18H23N5O3S. The van der Waals surface area contributed by atoms with Crippen molar-refractivity contribution >= 4 is 23.2 Å². The lowest BCUT2D eigenvalue weighted by molar-refractivity contribution is 0.0717. The fraction of sp³-hybridized carbons (Fsp3) is 0.500. The lowest BCUT2D eigenvalue weighted by Crippen LogP contribution is -2.37. The van der Waals surface area contributed by atoms with Gasteiger partial charge < -0.3 is 14.8 Å². The third kappa shape index (κ3) is 4.24. The SMILES string of the molecule is Cc1nc(C(C)C)sc1C(=O)N1CCCN(C(=O)c2c[nH]c(=O)cn2)CC1. The molecule has 144 valence electrons. The molecule has 0 atom stereocenters. The molecule has 9 heteroatoms. The Morgan fingerprint density at radius 1 is 1.15 bits per heavy atom. The molecule has 0 spiro atoms. The van der Waals surface area contributed by atoms with Gasteiger partial charge >= 0.3 is 0 Å². The first-order chi connectivity index (χ1) is 12.9. The van der Waals surface area contributed by atoms with E-state index >= 15 is 0 Å². The molecule has 3 rings (SSSR count). The Kier molecular flexibility index (Phi) is 5.69. The molecule has 1 saturated heterocycles. The van der Waals surface area contributed by atoms with E-state index in [-0.39, 0.29) is 29.0 Å². The molecule has 27 heavy (non-hydrogen) atoms. The van der Waals surface area contributed by atoms with Gasteiger partial charge in [0.25, 0.3) is 17.4 Å². The van der Waals surface area contributed by atoms with Crippen LogP contribution in [0.2, 0.25) is 0 Å². The van der Waals surface area contributed by atoms with Crippen molar-refractivity contribution in [2.24, 2.45) is 0 Å². The van der Waals surface area contributed by atoms with Gasteiger partial charge in [-0.1, -0.05) is 13.8 Å². The second-order valence-electron chi connectivity index (χ2n) is 6.86. The van der Waals surface area contributed by atoms with Crippen LogP contribution in [0.1, 0.15) is 57.0 Å². The monoisotopic (exact) mass is 389 g/mol. The van der Waals surface area contributed by atoms with Crippen LogP contribution in [0.15, 0.2) is 17.2 Å². The van der Waals surface area contributed by atoms with E-state index in [2.05, 4.69) is 28.8 Å². The van der Waals surface area contributed by atoms with Crippen molar-refractivity contribution in [2.45, 2.75) is 33.1 Å². The minimum Gasteiger partial charge on any atom is -0.336 e. The molecule has 2 amide bonds. The van der Waals surface area contributed by atoms with Crippen molar-refractivity contribution in [2.75, 3.05) is 26.2 Å². The third-order valence-corrected chi connectivity index (χ3v) is 5.91. The topological polar surface area (TPSA) is 99.3 Å². The number of aromatic amines is 1. The molecule has 1 fully saturated rings. The van der Waals surface area contributed by atoms with Gasteiger partial charge in [0.15, 0.2) is 0 Å². The van der Waals surface area contributed by atoms with Crippen molar-refractivity contribution in [1.29, 1.82) is 0 Å². The highest BCUT2D eigenvalue weighted by Crippen LogP contribution is 2.26. The Labute approximate surface area is 161 Å². The van der Waals surface area contributed by atoms with Crippen molar-refractivity contribution in [1.82, 2.24) is 24.8 Å². The highest BCUT2D eigenvalue weighted by Gasteiger charge is 2.26. The molecule has 0 aliphatic carbocycles. The molecule has 1 N–H and O–H groups in total. The van der Waals surface area contributed by atoms with E-state index < -0.39 is 0 Å². The Balaban J connectivity index is 1.69. The number of hydrogen-bond acceptors (Lipinski definition) is 6. The lowest BCUT2D eigenvalue weighted by atomic mass is 10.2. The van der Waals surface area contributed by atoms with Crippen LogP contribution >= 0.6 is 11.3 Å². The number of nitrogens with zero attached hydrogens (tertiary/aromatic N) is 4. The fourth-order valence-electron chi connectivity index (χ4n) is 2.95. The predicted molar refractivity (Wildman–Crippen MR) is 102 cm³/mol. The number of H-pyrrole nitrogens is 1. The van der Waals surface area contributed by atoms with Gasteiger partial charge in [-0.25, -0.2) is 9.97 Å². The van der Waals surface area contributed by atoms with Crippen LogP contribution in [0, 0.1) is 6.92 Å². The van der Waals surface area contributed by atoms with E-state index in [9.17, 15) is 14.4 Å². The average Bonchev–Trinajstić information content (AvgIpc) is 2.88. The number of aryl methyl sites for hydroxylation is 1. The molecule has 1 aliphatic heterocycles. The van der Waals surface area contributed by atoms with Gasteiger partial charge in [0.1, 0.15) is 10.6 Å². The summed E-state index contributed by atoms with van der Waals surface area (Å²) in [6.45, 7) is 8.02. The molecule has 0 saturated carbocycles. The van der Waals surface area contributed by atoms with Crippen LogP contribution in [-0.4, -0.2) is 62.7 Å². The van der Waals surface area contributed by atoms with Crippen molar-refractivity contribution in [3.8, 4) is 0 Å². The highest BCUT2D eigenvalue weighted by molar-refractivity contribution is 7.13. The van der Waals surface area contributed by atoms with Crippen LogP contribution in [0.3, 0.4) is 0 Å². The van der Waals surface area contributed by atoms with E-state index in [1.807, 2.05) is 6.92 Å². The number of rotatable bonds is 3. The normalized spacial score (nSPS) is 15.1. The molecule has 8 nitrogen and oxygen atoms in total. The first-order valence-corrected chi connectivity index (χ1v) is 9.79. The van der Waals surface area contributed by atoms with Gasteiger partial charge in [-0.05, 0) is 13.3 Å². The summed E-state index contributed by atoms with van der Waals surface area (Å²) in [6.07, 6.45) is 3.11. The molecule has 0 unspecified atom stereocenters. The molecule has 0 aromatic carbocycles. The smallest absolute Gasteiger partial charge is 0.274 e. The van der Waals surface area contributed by atoms with Crippen LogP contribution in [0.4, 0.5) is 0 Å². The molecular weight excluding hydrogens is 366 g/mol.